The van der Waals surface area contributed by atoms with Crippen molar-refractivity contribution in [3.05, 3.63) is 11.5 Å². The molecule has 0 unspecified atom stereocenters. The Hall–Kier alpha value is -1.65. The number of rotatable bonds is 6. The summed E-state index contributed by atoms with van der Waals surface area (Å²) < 4.78 is 1.98. The minimum absolute atomic E-state index is 0.835. The van der Waals surface area contributed by atoms with Crippen LogP contribution in [0.4, 0.5) is 5.82 Å². The van der Waals surface area contributed by atoms with Crippen LogP contribution in [0, 0.1) is 6.92 Å². The number of anilines is 1. The molecule has 0 bridgehead atoms. The second kappa shape index (κ2) is 5.99. The van der Waals surface area contributed by atoms with Gasteiger partial charge in [0.15, 0.2) is 5.82 Å². The van der Waals surface area contributed by atoms with Crippen molar-refractivity contribution in [1.82, 2.24) is 19.7 Å². The van der Waals surface area contributed by atoms with E-state index in [9.17, 15) is 0 Å². The smallest absolute Gasteiger partial charge is 0.156 e. The molecule has 104 valence electrons. The fourth-order valence-electron chi connectivity index (χ4n) is 2.21. The highest BCUT2D eigenvalue weighted by atomic mass is 15.3. The van der Waals surface area contributed by atoms with E-state index < -0.39 is 0 Å². The molecule has 0 aliphatic carbocycles. The van der Waals surface area contributed by atoms with Gasteiger partial charge < -0.3 is 5.32 Å². The van der Waals surface area contributed by atoms with E-state index in [1.807, 2.05) is 11.6 Å². The van der Waals surface area contributed by atoms with Crippen LogP contribution in [0.2, 0.25) is 0 Å². The minimum Gasteiger partial charge on any atom is -0.368 e. The predicted octanol–water partition coefficient (Wildman–Crippen LogP) is 2.93. The third kappa shape index (κ3) is 2.69. The zero-order valence-electron chi connectivity index (χ0n) is 12.3. The summed E-state index contributed by atoms with van der Waals surface area (Å²) in [7, 11) is 0. The molecule has 5 heteroatoms. The summed E-state index contributed by atoms with van der Waals surface area (Å²) in [5.41, 5.74) is 3.00. The Morgan fingerprint density at radius 3 is 2.53 bits per heavy atom. The molecule has 2 rings (SSSR count). The largest absolute Gasteiger partial charge is 0.368 e. The molecule has 0 aliphatic rings. The molecule has 0 aliphatic heterocycles. The zero-order valence-corrected chi connectivity index (χ0v) is 12.3. The predicted molar refractivity (Wildman–Crippen MR) is 78.5 cm³/mol. The molecule has 0 radical (unpaired) electrons. The van der Waals surface area contributed by atoms with Gasteiger partial charge in [-0.25, -0.2) is 9.97 Å². The molecular formula is C14H23N5. The van der Waals surface area contributed by atoms with Crippen molar-refractivity contribution >= 4 is 16.9 Å². The fourth-order valence-corrected chi connectivity index (χ4v) is 2.21. The van der Waals surface area contributed by atoms with Crippen molar-refractivity contribution in [2.45, 2.75) is 53.5 Å². The first-order chi connectivity index (χ1) is 9.21. The summed E-state index contributed by atoms with van der Waals surface area (Å²) in [6, 6.07) is 0. The standard InChI is InChI=1S/C14H23N5/c1-5-8-11-16-12-10(4)18-19(7-3)13(12)14(17-11)15-9-6-2/h5-9H2,1-4H3,(H,15,16,17). The summed E-state index contributed by atoms with van der Waals surface area (Å²) in [5.74, 6) is 1.84. The summed E-state index contributed by atoms with van der Waals surface area (Å²) in [5, 5.41) is 7.96. The van der Waals surface area contributed by atoms with Crippen LogP contribution < -0.4 is 5.32 Å². The molecule has 0 atom stereocenters. The SMILES string of the molecule is CCCNc1nc(CCC)nc2c(C)nn(CC)c12. The van der Waals surface area contributed by atoms with E-state index in [4.69, 9.17) is 0 Å². The Labute approximate surface area is 114 Å². The molecule has 19 heavy (non-hydrogen) atoms. The molecule has 2 heterocycles. The average molecular weight is 261 g/mol. The number of nitrogens with one attached hydrogen (secondary N) is 1. The normalized spacial score (nSPS) is 11.2. The highest BCUT2D eigenvalue weighted by molar-refractivity contribution is 5.87. The molecule has 0 saturated carbocycles. The summed E-state index contributed by atoms with van der Waals surface area (Å²) in [4.78, 5) is 9.33. The Morgan fingerprint density at radius 2 is 1.89 bits per heavy atom. The molecule has 1 N–H and O–H groups in total. The van der Waals surface area contributed by atoms with E-state index in [0.29, 0.717) is 0 Å². The molecule has 2 aromatic rings. The number of hydrogen-bond donors (Lipinski definition) is 1. The van der Waals surface area contributed by atoms with Crippen LogP contribution in [-0.4, -0.2) is 26.3 Å². The topological polar surface area (TPSA) is 55.6 Å². The Balaban J connectivity index is 2.58. The number of fused-ring (bicyclic) bond motifs is 1. The van der Waals surface area contributed by atoms with Gasteiger partial charge in [0.1, 0.15) is 16.9 Å². The van der Waals surface area contributed by atoms with Gasteiger partial charge in [-0.1, -0.05) is 13.8 Å². The lowest BCUT2D eigenvalue weighted by molar-refractivity contribution is 0.675. The lowest BCUT2D eigenvalue weighted by Gasteiger charge is -2.09. The molecule has 2 aromatic heterocycles. The van der Waals surface area contributed by atoms with Gasteiger partial charge in [0.25, 0.3) is 0 Å². The molecule has 0 spiro atoms. The highest BCUT2D eigenvalue weighted by Gasteiger charge is 2.15. The van der Waals surface area contributed by atoms with Crippen molar-refractivity contribution in [3.63, 3.8) is 0 Å². The zero-order chi connectivity index (χ0) is 13.8. The van der Waals surface area contributed by atoms with Crippen LogP contribution in [0.15, 0.2) is 0 Å². The van der Waals surface area contributed by atoms with Gasteiger partial charge in [-0.3, -0.25) is 4.68 Å². The van der Waals surface area contributed by atoms with Crippen LogP contribution in [0.25, 0.3) is 11.0 Å². The van der Waals surface area contributed by atoms with Crippen LogP contribution >= 0.6 is 0 Å². The van der Waals surface area contributed by atoms with E-state index >= 15 is 0 Å². The highest BCUT2D eigenvalue weighted by Crippen LogP contribution is 2.23. The average Bonchev–Trinajstić information content (AvgIpc) is 2.73. The van der Waals surface area contributed by atoms with Crippen LogP contribution in [0.5, 0.6) is 0 Å². The van der Waals surface area contributed by atoms with Crippen molar-refractivity contribution in [3.8, 4) is 0 Å². The molecular weight excluding hydrogens is 238 g/mol. The van der Waals surface area contributed by atoms with Crippen molar-refractivity contribution < 1.29 is 0 Å². The Bertz CT molecular complexity index is 558. The first-order valence-electron chi connectivity index (χ1n) is 7.19. The minimum atomic E-state index is 0.835. The lowest BCUT2D eigenvalue weighted by atomic mass is 10.3. The molecule has 0 aromatic carbocycles. The van der Waals surface area contributed by atoms with Gasteiger partial charge in [0.05, 0.1) is 5.69 Å². The second-order valence-electron chi connectivity index (χ2n) is 4.76. The quantitative estimate of drug-likeness (QED) is 0.868. The second-order valence-corrected chi connectivity index (χ2v) is 4.76. The van der Waals surface area contributed by atoms with Crippen molar-refractivity contribution in [2.75, 3.05) is 11.9 Å². The number of aryl methyl sites for hydroxylation is 3. The van der Waals surface area contributed by atoms with Gasteiger partial charge in [0.2, 0.25) is 0 Å². The first kappa shape index (κ1) is 13.8. The molecule has 5 nitrogen and oxygen atoms in total. The number of nitrogens with zero attached hydrogens (tertiary/aromatic N) is 4. The van der Waals surface area contributed by atoms with E-state index in [0.717, 1.165) is 60.7 Å². The summed E-state index contributed by atoms with van der Waals surface area (Å²) in [6.07, 6.45) is 3.04. The van der Waals surface area contributed by atoms with E-state index in [1.165, 1.54) is 0 Å². The van der Waals surface area contributed by atoms with Crippen molar-refractivity contribution in [1.29, 1.82) is 0 Å². The van der Waals surface area contributed by atoms with E-state index in [-0.39, 0.29) is 0 Å². The van der Waals surface area contributed by atoms with Gasteiger partial charge in [-0.15, -0.1) is 0 Å². The van der Waals surface area contributed by atoms with Gasteiger partial charge in [-0.05, 0) is 26.7 Å². The maximum atomic E-state index is 4.67. The Kier molecular flexibility index (Phi) is 4.35. The van der Waals surface area contributed by atoms with Gasteiger partial charge in [-0.2, -0.15) is 5.10 Å². The maximum Gasteiger partial charge on any atom is 0.156 e. The molecule has 0 fully saturated rings. The first-order valence-corrected chi connectivity index (χ1v) is 7.19. The molecule has 0 amide bonds. The van der Waals surface area contributed by atoms with Crippen LogP contribution in [0.1, 0.15) is 45.1 Å². The van der Waals surface area contributed by atoms with Crippen LogP contribution in [-0.2, 0) is 13.0 Å². The Morgan fingerprint density at radius 1 is 1.11 bits per heavy atom. The van der Waals surface area contributed by atoms with E-state index in [2.05, 4.69) is 41.2 Å². The summed E-state index contributed by atoms with van der Waals surface area (Å²) in [6.45, 7) is 10.2. The van der Waals surface area contributed by atoms with Gasteiger partial charge in [0, 0.05) is 19.5 Å². The number of hydrogen-bond acceptors (Lipinski definition) is 4. The van der Waals surface area contributed by atoms with Gasteiger partial charge >= 0.3 is 0 Å². The lowest BCUT2D eigenvalue weighted by Crippen LogP contribution is -2.08. The maximum absolute atomic E-state index is 4.67. The van der Waals surface area contributed by atoms with Crippen molar-refractivity contribution in [2.24, 2.45) is 0 Å². The monoisotopic (exact) mass is 261 g/mol. The van der Waals surface area contributed by atoms with E-state index in [1.54, 1.807) is 0 Å². The third-order valence-electron chi connectivity index (χ3n) is 3.12. The molecule has 0 saturated heterocycles. The summed E-state index contributed by atoms with van der Waals surface area (Å²) >= 11 is 0. The third-order valence-corrected chi connectivity index (χ3v) is 3.12. The van der Waals surface area contributed by atoms with Crippen LogP contribution in [0.3, 0.4) is 0 Å². The fraction of sp³-hybridized carbons (Fsp3) is 0.643. The number of aromatic nitrogens is 4.